The van der Waals surface area contributed by atoms with E-state index in [1.54, 1.807) is 7.11 Å². The number of tetrazole rings is 1. The van der Waals surface area contributed by atoms with E-state index in [0.29, 0.717) is 23.4 Å². The summed E-state index contributed by atoms with van der Waals surface area (Å²) >= 11 is 0. The third kappa shape index (κ3) is 2.21. The minimum Gasteiger partial charge on any atom is -0.495 e. The van der Waals surface area contributed by atoms with Crippen molar-refractivity contribution in [3.63, 3.8) is 0 Å². The minimum absolute atomic E-state index is 0.434. The van der Waals surface area contributed by atoms with Crippen molar-refractivity contribution in [3.8, 4) is 17.1 Å². The molecule has 2 aromatic rings. The van der Waals surface area contributed by atoms with Gasteiger partial charge in [-0.25, -0.2) is 4.68 Å². The van der Waals surface area contributed by atoms with Crippen LogP contribution in [0.4, 0.5) is 5.69 Å². The minimum atomic E-state index is 0.434. The van der Waals surface area contributed by atoms with Crippen molar-refractivity contribution in [3.05, 3.63) is 18.2 Å². The second kappa shape index (κ2) is 5.11. The maximum absolute atomic E-state index is 5.84. The summed E-state index contributed by atoms with van der Waals surface area (Å²) in [5, 5.41) is 12.1. The second-order valence-electron chi connectivity index (χ2n) is 5.26. The van der Waals surface area contributed by atoms with E-state index in [-0.39, 0.29) is 0 Å². The highest BCUT2D eigenvalue weighted by Crippen LogP contribution is 2.47. The monoisotopic (exact) mass is 273 g/mol. The molecule has 0 radical (unpaired) electrons. The molecule has 0 saturated heterocycles. The average Bonchev–Trinajstić information content (AvgIpc) is 3.04. The van der Waals surface area contributed by atoms with Crippen molar-refractivity contribution >= 4 is 5.69 Å². The Morgan fingerprint density at radius 1 is 1.45 bits per heavy atom. The summed E-state index contributed by atoms with van der Waals surface area (Å²) in [7, 11) is 1.61. The van der Waals surface area contributed by atoms with Gasteiger partial charge in [-0.05, 0) is 47.4 Å². The molecule has 6 nitrogen and oxygen atoms in total. The van der Waals surface area contributed by atoms with Gasteiger partial charge in [0.05, 0.1) is 18.8 Å². The van der Waals surface area contributed by atoms with Gasteiger partial charge >= 0.3 is 0 Å². The van der Waals surface area contributed by atoms with Crippen LogP contribution in [0.2, 0.25) is 0 Å². The lowest BCUT2D eigenvalue weighted by Crippen LogP contribution is -2.02. The zero-order valence-corrected chi connectivity index (χ0v) is 11.8. The molecule has 3 rings (SSSR count). The van der Waals surface area contributed by atoms with Crippen LogP contribution in [0.1, 0.15) is 32.2 Å². The normalized spacial score (nSPS) is 20.9. The van der Waals surface area contributed by atoms with E-state index < -0.39 is 0 Å². The van der Waals surface area contributed by atoms with Gasteiger partial charge in [0, 0.05) is 5.56 Å². The quantitative estimate of drug-likeness (QED) is 0.845. The summed E-state index contributed by atoms with van der Waals surface area (Å²) in [4.78, 5) is 0. The van der Waals surface area contributed by atoms with Crippen molar-refractivity contribution in [2.75, 3.05) is 12.8 Å². The number of nitrogens with zero attached hydrogens (tertiary/aromatic N) is 4. The van der Waals surface area contributed by atoms with E-state index >= 15 is 0 Å². The van der Waals surface area contributed by atoms with Crippen molar-refractivity contribution in [1.82, 2.24) is 20.2 Å². The van der Waals surface area contributed by atoms with E-state index in [0.717, 1.165) is 17.8 Å². The van der Waals surface area contributed by atoms with Crippen molar-refractivity contribution in [2.45, 2.75) is 32.2 Å². The van der Waals surface area contributed by atoms with Gasteiger partial charge < -0.3 is 10.5 Å². The fraction of sp³-hybridized carbons (Fsp3) is 0.500. The number of ether oxygens (including phenoxy) is 1. The molecule has 1 heterocycles. The fourth-order valence-electron chi connectivity index (χ4n) is 2.67. The van der Waals surface area contributed by atoms with E-state index in [4.69, 9.17) is 10.5 Å². The molecular weight excluding hydrogens is 254 g/mol. The Hall–Kier alpha value is -2.11. The molecule has 0 amide bonds. The van der Waals surface area contributed by atoms with Crippen molar-refractivity contribution in [2.24, 2.45) is 5.92 Å². The lowest BCUT2D eigenvalue weighted by molar-refractivity contribution is 0.417. The van der Waals surface area contributed by atoms with E-state index in [2.05, 4.69) is 22.4 Å². The molecule has 106 valence electrons. The maximum atomic E-state index is 5.84. The van der Waals surface area contributed by atoms with Crippen LogP contribution in [0.25, 0.3) is 11.4 Å². The molecule has 6 heteroatoms. The number of methoxy groups -OCH3 is 1. The van der Waals surface area contributed by atoms with Gasteiger partial charge in [0.25, 0.3) is 0 Å². The molecule has 0 aliphatic heterocycles. The highest BCUT2D eigenvalue weighted by Gasteiger charge is 2.40. The molecule has 0 spiro atoms. The van der Waals surface area contributed by atoms with Crippen LogP contribution in [0.5, 0.6) is 5.75 Å². The summed E-state index contributed by atoms with van der Waals surface area (Å²) in [5.41, 5.74) is 7.39. The molecule has 1 saturated carbocycles. The highest BCUT2D eigenvalue weighted by molar-refractivity contribution is 5.65. The lowest BCUT2D eigenvalue weighted by atomic mass is 10.1. The number of rotatable bonds is 5. The first-order valence-corrected chi connectivity index (χ1v) is 6.96. The Morgan fingerprint density at radius 3 is 3.05 bits per heavy atom. The molecule has 1 aliphatic carbocycles. The molecular formula is C14H19N5O. The Kier molecular flexibility index (Phi) is 3.30. The molecule has 1 aromatic heterocycles. The van der Waals surface area contributed by atoms with Crippen LogP contribution in [-0.2, 0) is 0 Å². The topological polar surface area (TPSA) is 78.9 Å². The van der Waals surface area contributed by atoms with Gasteiger partial charge in [-0.2, -0.15) is 0 Å². The van der Waals surface area contributed by atoms with Crippen LogP contribution in [-0.4, -0.2) is 27.3 Å². The summed E-state index contributed by atoms with van der Waals surface area (Å²) in [6.45, 7) is 2.21. The molecule has 20 heavy (non-hydrogen) atoms. The highest BCUT2D eigenvalue weighted by atomic mass is 16.5. The van der Waals surface area contributed by atoms with Gasteiger partial charge in [-0.15, -0.1) is 5.10 Å². The van der Waals surface area contributed by atoms with Gasteiger partial charge in [0.2, 0.25) is 0 Å². The molecule has 1 fully saturated rings. The first kappa shape index (κ1) is 12.9. The number of anilines is 1. The van der Waals surface area contributed by atoms with E-state index in [1.165, 1.54) is 12.8 Å². The molecule has 2 atom stereocenters. The zero-order valence-electron chi connectivity index (χ0n) is 11.8. The molecule has 1 aromatic carbocycles. The first-order chi connectivity index (χ1) is 9.74. The van der Waals surface area contributed by atoms with Crippen molar-refractivity contribution in [1.29, 1.82) is 0 Å². The predicted octanol–water partition coefficient (Wildman–Crippen LogP) is 2.29. The van der Waals surface area contributed by atoms with Crippen LogP contribution >= 0.6 is 0 Å². The van der Waals surface area contributed by atoms with Crippen molar-refractivity contribution < 1.29 is 4.74 Å². The number of aromatic nitrogens is 4. The number of nitrogen functional groups attached to an aromatic ring is 1. The standard InChI is InChI=1S/C14H19N5O/c1-3-4-9-7-12(9)19-14(16-17-18-19)10-5-6-11(15)13(8-10)20-2/h5-6,8-9,12H,3-4,7,15H2,1-2H3. The summed E-state index contributed by atoms with van der Waals surface area (Å²) in [6, 6.07) is 6.07. The van der Waals surface area contributed by atoms with Crippen LogP contribution in [0, 0.1) is 5.92 Å². The van der Waals surface area contributed by atoms with E-state index in [1.807, 2.05) is 22.9 Å². The second-order valence-corrected chi connectivity index (χ2v) is 5.26. The number of hydrogen-bond acceptors (Lipinski definition) is 5. The molecule has 0 bridgehead atoms. The molecule has 2 unspecified atom stereocenters. The van der Waals surface area contributed by atoms with Gasteiger partial charge in [-0.1, -0.05) is 13.3 Å². The van der Waals surface area contributed by atoms with Crippen LogP contribution < -0.4 is 10.5 Å². The van der Waals surface area contributed by atoms with Crippen LogP contribution in [0.3, 0.4) is 0 Å². The van der Waals surface area contributed by atoms with E-state index in [9.17, 15) is 0 Å². The predicted molar refractivity (Wildman–Crippen MR) is 76.3 cm³/mol. The maximum Gasteiger partial charge on any atom is 0.182 e. The summed E-state index contributed by atoms with van der Waals surface area (Å²) in [5.74, 6) is 2.14. The van der Waals surface area contributed by atoms with Gasteiger partial charge in [-0.3, -0.25) is 0 Å². The Morgan fingerprint density at radius 2 is 2.30 bits per heavy atom. The first-order valence-electron chi connectivity index (χ1n) is 6.96. The Labute approximate surface area is 117 Å². The molecule has 2 N–H and O–H groups in total. The smallest absolute Gasteiger partial charge is 0.182 e. The number of hydrogen-bond donors (Lipinski definition) is 1. The Bertz CT molecular complexity index is 609. The van der Waals surface area contributed by atoms with Gasteiger partial charge in [0.1, 0.15) is 5.75 Å². The van der Waals surface area contributed by atoms with Crippen LogP contribution in [0.15, 0.2) is 18.2 Å². The average molecular weight is 273 g/mol. The SMILES string of the molecule is CCCC1CC1n1nnnc1-c1ccc(N)c(OC)c1. The molecule has 1 aliphatic rings. The van der Waals surface area contributed by atoms with Gasteiger partial charge in [0.15, 0.2) is 5.82 Å². The summed E-state index contributed by atoms with van der Waals surface area (Å²) in [6.07, 6.45) is 3.60. The lowest BCUT2D eigenvalue weighted by Gasteiger charge is -2.08. The largest absolute Gasteiger partial charge is 0.495 e. The zero-order chi connectivity index (χ0) is 14.1. The third-order valence-corrected chi connectivity index (χ3v) is 3.84. The Balaban J connectivity index is 1.90. The number of benzene rings is 1. The summed E-state index contributed by atoms with van der Waals surface area (Å²) < 4.78 is 7.19. The fourth-order valence-corrected chi connectivity index (χ4v) is 2.67. The third-order valence-electron chi connectivity index (χ3n) is 3.84. The number of nitrogens with two attached hydrogens (primary N) is 1.